The lowest BCUT2D eigenvalue weighted by Gasteiger charge is -2.25. The van der Waals surface area contributed by atoms with E-state index in [1.807, 2.05) is 35.4 Å². The average molecular weight is 550 g/mol. The lowest BCUT2D eigenvalue weighted by atomic mass is 10.1. The van der Waals surface area contributed by atoms with Crippen molar-refractivity contribution in [1.82, 2.24) is 24.1 Å². The number of pyridine rings is 1. The second-order valence-corrected chi connectivity index (χ2v) is 12.4. The van der Waals surface area contributed by atoms with Gasteiger partial charge in [0.2, 0.25) is 5.91 Å². The third kappa shape index (κ3) is 5.13. The molecule has 0 bridgehead atoms. The Balaban J connectivity index is 1.46. The van der Waals surface area contributed by atoms with Gasteiger partial charge in [-0.25, -0.2) is 23.4 Å². The van der Waals surface area contributed by atoms with Gasteiger partial charge >= 0.3 is 0 Å². The predicted molar refractivity (Wildman–Crippen MR) is 147 cm³/mol. The summed E-state index contributed by atoms with van der Waals surface area (Å²) in [6.07, 6.45) is 9.09. The normalized spacial score (nSPS) is 17.9. The Labute approximate surface area is 226 Å². The highest BCUT2D eigenvalue weighted by Gasteiger charge is 2.31. The maximum Gasteiger partial charge on any atom is 0.228 e. The Bertz CT molecular complexity index is 1680. The Morgan fingerprint density at radius 1 is 1.10 bits per heavy atom. The highest BCUT2D eigenvalue weighted by Crippen LogP contribution is 2.36. The first-order chi connectivity index (χ1) is 18.7. The van der Waals surface area contributed by atoms with Gasteiger partial charge in [0.1, 0.15) is 23.4 Å². The molecule has 1 saturated carbocycles. The molecule has 4 aromatic rings. The zero-order chi connectivity index (χ0) is 27.3. The van der Waals surface area contributed by atoms with Crippen LogP contribution in [0.2, 0.25) is 0 Å². The van der Waals surface area contributed by atoms with E-state index in [-0.39, 0.29) is 22.9 Å². The topological polar surface area (TPSA) is 133 Å². The van der Waals surface area contributed by atoms with Gasteiger partial charge in [0.25, 0.3) is 0 Å². The number of fused-ring (bicyclic) bond motifs is 1. The summed E-state index contributed by atoms with van der Waals surface area (Å²) >= 11 is 0. The van der Waals surface area contributed by atoms with Gasteiger partial charge in [-0.05, 0) is 51.2 Å². The molecule has 1 aromatic carbocycles. The van der Waals surface area contributed by atoms with Crippen LogP contribution in [0, 0.1) is 12.8 Å². The number of hydrogen-bond acceptors (Lipinski definition) is 8. The van der Waals surface area contributed by atoms with E-state index in [9.17, 15) is 13.2 Å². The summed E-state index contributed by atoms with van der Waals surface area (Å²) in [5, 5.41) is 6.23. The van der Waals surface area contributed by atoms with Crippen LogP contribution in [-0.4, -0.2) is 51.3 Å². The largest absolute Gasteiger partial charge is 0.358 e. The molecular formula is C27H31N7O4S. The number of imidazole rings is 2. The number of amides is 1. The highest BCUT2D eigenvalue weighted by atomic mass is 32.2. The Morgan fingerprint density at radius 3 is 2.59 bits per heavy atom. The number of aryl methyl sites for hydroxylation is 2. The molecule has 0 spiro atoms. The SMILES string of the molecule is Cc1nc2c(Nc3ccc(-c4cn(C)cn4)cc3S(C)(=O)=O)cc(NC(=O)C3CC3)nc2n1C1CCCCO1. The first-order valence-electron chi connectivity index (χ1n) is 13.1. The predicted octanol–water partition coefficient (Wildman–Crippen LogP) is 4.33. The van der Waals surface area contributed by atoms with Gasteiger partial charge in [-0.15, -0.1) is 0 Å². The molecule has 3 aromatic heterocycles. The van der Waals surface area contributed by atoms with Crippen LogP contribution < -0.4 is 10.6 Å². The van der Waals surface area contributed by atoms with Crippen LogP contribution in [0.3, 0.4) is 0 Å². The summed E-state index contributed by atoms with van der Waals surface area (Å²) < 4.78 is 35.6. The van der Waals surface area contributed by atoms with E-state index in [0.717, 1.165) is 37.9 Å². The summed E-state index contributed by atoms with van der Waals surface area (Å²) in [6.45, 7) is 2.56. The standard InChI is InChI=1S/C27H31N7O4S/c1-16-29-25-20(30-19-10-9-18(12-22(19)39(3,36)37)21-14-33(2)15-28-21)13-23(32-27(35)17-7-8-17)31-26(25)34(16)24-6-4-5-11-38-24/h9-10,12-15,17,24H,4-8,11H2,1-3H3,(H2,30,31,32,35). The highest BCUT2D eigenvalue weighted by molar-refractivity contribution is 7.90. The number of ether oxygens (including phenoxy) is 1. The lowest BCUT2D eigenvalue weighted by molar-refractivity contribution is -0.117. The fourth-order valence-corrected chi connectivity index (χ4v) is 5.84. The minimum absolute atomic E-state index is 0.00297. The smallest absolute Gasteiger partial charge is 0.228 e. The van der Waals surface area contributed by atoms with Gasteiger partial charge in [-0.3, -0.25) is 9.36 Å². The number of aromatic nitrogens is 5. The summed E-state index contributed by atoms with van der Waals surface area (Å²) in [4.78, 5) is 26.7. The molecule has 204 valence electrons. The zero-order valence-electron chi connectivity index (χ0n) is 22.1. The number of nitrogens with one attached hydrogen (secondary N) is 2. The van der Waals surface area contributed by atoms with E-state index >= 15 is 0 Å². The maximum absolute atomic E-state index is 12.9. The van der Waals surface area contributed by atoms with Gasteiger partial charge < -0.3 is 19.9 Å². The molecule has 12 heteroatoms. The molecule has 1 aliphatic carbocycles. The van der Waals surface area contributed by atoms with Crippen molar-refractivity contribution in [3.8, 4) is 11.3 Å². The Hall–Kier alpha value is -3.77. The van der Waals surface area contributed by atoms with Gasteiger partial charge in [-0.2, -0.15) is 0 Å². The molecule has 1 amide bonds. The van der Waals surface area contributed by atoms with Crippen LogP contribution >= 0.6 is 0 Å². The number of hydrogen-bond donors (Lipinski definition) is 2. The molecule has 0 radical (unpaired) electrons. The van der Waals surface area contributed by atoms with Crippen molar-refractivity contribution in [2.24, 2.45) is 13.0 Å². The first kappa shape index (κ1) is 25.5. The molecule has 1 unspecified atom stereocenters. The van der Waals surface area contributed by atoms with Gasteiger partial charge in [0.15, 0.2) is 15.5 Å². The molecule has 39 heavy (non-hydrogen) atoms. The van der Waals surface area contributed by atoms with Gasteiger partial charge in [0.05, 0.1) is 28.3 Å². The molecule has 6 rings (SSSR count). The molecule has 1 aliphatic heterocycles. The van der Waals surface area contributed by atoms with Crippen molar-refractivity contribution < 1.29 is 17.9 Å². The molecule has 4 heterocycles. The van der Waals surface area contributed by atoms with Crippen molar-refractivity contribution in [3.05, 3.63) is 42.6 Å². The van der Waals surface area contributed by atoms with Gasteiger partial charge in [0, 0.05) is 43.7 Å². The van der Waals surface area contributed by atoms with E-state index in [1.165, 1.54) is 6.26 Å². The number of carbonyl (C=O) groups excluding carboxylic acids is 1. The summed E-state index contributed by atoms with van der Waals surface area (Å²) in [5.74, 6) is 1.04. The van der Waals surface area contributed by atoms with Crippen molar-refractivity contribution in [1.29, 1.82) is 0 Å². The van der Waals surface area contributed by atoms with Crippen LogP contribution in [0.25, 0.3) is 22.4 Å². The number of carbonyl (C=O) groups is 1. The van der Waals surface area contributed by atoms with Crippen LogP contribution in [0.1, 0.15) is 44.2 Å². The number of anilines is 3. The van der Waals surface area contributed by atoms with Crippen LogP contribution in [-0.2, 0) is 26.4 Å². The van der Waals surface area contributed by atoms with Crippen molar-refractivity contribution >= 4 is 44.1 Å². The summed E-state index contributed by atoms with van der Waals surface area (Å²) in [7, 11) is -1.75. The quantitative estimate of drug-likeness (QED) is 0.348. The fourth-order valence-electron chi connectivity index (χ4n) is 4.98. The van der Waals surface area contributed by atoms with Gasteiger partial charge in [-0.1, -0.05) is 6.07 Å². The molecule has 1 saturated heterocycles. The Kier molecular flexibility index (Phi) is 6.38. The van der Waals surface area contributed by atoms with E-state index in [2.05, 4.69) is 15.6 Å². The van der Waals surface area contributed by atoms with Crippen molar-refractivity contribution in [3.63, 3.8) is 0 Å². The second kappa shape index (κ2) is 9.76. The number of nitrogens with zero attached hydrogens (tertiary/aromatic N) is 5. The fraction of sp³-hybridized carbons (Fsp3) is 0.407. The number of sulfone groups is 1. The van der Waals surface area contributed by atoms with Crippen LogP contribution in [0.15, 0.2) is 41.7 Å². The molecular weight excluding hydrogens is 518 g/mol. The molecule has 2 N–H and O–H groups in total. The van der Waals surface area contributed by atoms with E-state index in [0.29, 0.717) is 46.2 Å². The van der Waals surface area contributed by atoms with E-state index < -0.39 is 9.84 Å². The summed E-state index contributed by atoms with van der Waals surface area (Å²) in [5.41, 5.74) is 3.44. The first-order valence-corrected chi connectivity index (χ1v) is 15.0. The third-order valence-electron chi connectivity index (χ3n) is 7.12. The lowest BCUT2D eigenvalue weighted by Crippen LogP contribution is -2.20. The maximum atomic E-state index is 12.9. The monoisotopic (exact) mass is 549 g/mol. The second-order valence-electron chi connectivity index (χ2n) is 10.4. The molecule has 11 nitrogen and oxygen atoms in total. The zero-order valence-corrected chi connectivity index (χ0v) is 23.0. The van der Waals surface area contributed by atoms with Crippen molar-refractivity contribution in [2.75, 3.05) is 23.5 Å². The molecule has 1 atom stereocenters. The van der Waals surface area contributed by atoms with E-state index in [4.69, 9.17) is 14.7 Å². The Morgan fingerprint density at radius 2 is 1.92 bits per heavy atom. The molecule has 2 fully saturated rings. The van der Waals surface area contributed by atoms with Crippen LogP contribution in [0.5, 0.6) is 0 Å². The average Bonchev–Trinajstić information content (AvgIpc) is 3.58. The summed E-state index contributed by atoms with van der Waals surface area (Å²) in [6, 6.07) is 6.88. The molecule has 2 aliphatic rings. The van der Waals surface area contributed by atoms with Crippen LogP contribution in [0.4, 0.5) is 17.2 Å². The minimum atomic E-state index is -3.61. The van der Waals surface area contributed by atoms with E-state index in [1.54, 1.807) is 24.5 Å². The number of benzene rings is 1. The number of rotatable bonds is 7. The minimum Gasteiger partial charge on any atom is -0.358 e. The van der Waals surface area contributed by atoms with Crippen molar-refractivity contribution in [2.45, 2.75) is 50.2 Å². The third-order valence-corrected chi connectivity index (χ3v) is 8.26.